The first-order valence-electron chi connectivity index (χ1n) is 26.8. The van der Waals surface area contributed by atoms with Crippen LogP contribution >= 0.6 is 0 Å². The van der Waals surface area contributed by atoms with Crippen LogP contribution in [0.2, 0.25) is 0 Å². The van der Waals surface area contributed by atoms with Crippen molar-refractivity contribution in [2.75, 3.05) is 7.11 Å². The number of esters is 2. The van der Waals surface area contributed by atoms with Gasteiger partial charge in [-0.05, 0) is 76.7 Å². The molecule has 6 N–H and O–H groups in total. The third-order valence-corrected chi connectivity index (χ3v) is 15.2. The highest BCUT2D eigenvalue weighted by Gasteiger charge is 2.52. The number of hydrogen-bond acceptors (Lipinski definition) is 12. The Hall–Kier alpha value is -2.58. The van der Waals surface area contributed by atoms with E-state index < -0.39 is 71.7 Å². The normalized spacial score (nSPS) is 26.8. The Morgan fingerprint density at radius 1 is 0.855 bits per heavy atom. The molecule has 2 rings (SSSR count). The molecule has 12 heteroatoms. The van der Waals surface area contributed by atoms with E-state index in [-0.39, 0.29) is 56.0 Å². The molecule has 0 saturated carbocycles. The van der Waals surface area contributed by atoms with Crippen LogP contribution in [0.25, 0.3) is 0 Å². The number of ether oxygens (including phenoxy) is 4. The van der Waals surface area contributed by atoms with E-state index in [0.29, 0.717) is 49.0 Å². The highest BCUT2D eigenvalue weighted by atomic mass is 16.6. The van der Waals surface area contributed by atoms with Gasteiger partial charge in [-0.25, -0.2) is 4.79 Å². The smallest absolute Gasteiger partial charge is 0.331 e. The fraction of sp³-hybridized carbons (Fsp3) is 0.825. The average molecular weight is 977 g/mol. The van der Waals surface area contributed by atoms with Gasteiger partial charge in [0.05, 0.1) is 43.7 Å². The zero-order valence-electron chi connectivity index (χ0n) is 44.9. The molecule has 69 heavy (non-hydrogen) atoms. The SMILES string of the molecule is C=C(CC(CC(O)C(C)C(O)CC(O)C(C)(C)C(O)C/C(C)=C/C(O)C1(C)OC2CC(C)CC(O)CC(C)C/C(C)=C/C(=O)OC1C2)OC(=O)CCCCCCCCCCCCCCC)C(=C)OC. The van der Waals surface area contributed by atoms with Crippen molar-refractivity contribution in [1.82, 2.24) is 0 Å². The van der Waals surface area contributed by atoms with Crippen molar-refractivity contribution in [3.8, 4) is 0 Å². The molecule has 2 aliphatic heterocycles. The lowest BCUT2D eigenvalue weighted by molar-refractivity contribution is -0.164. The summed E-state index contributed by atoms with van der Waals surface area (Å²) in [4.78, 5) is 26.2. The number of allylic oxidation sites excluding steroid dienone is 2. The van der Waals surface area contributed by atoms with Crippen LogP contribution in [0.4, 0.5) is 0 Å². The lowest BCUT2D eigenvalue weighted by atomic mass is 9.75. The maximum Gasteiger partial charge on any atom is 0.331 e. The zero-order chi connectivity index (χ0) is 51.9. The third kappa shape index (κ3) is 22.8. The largest absolute Gasteiger partial charge is 0.497 e. The standard InChI is InChI=1S/C57H100O12/c1-13-14-15-16-17-18-19-20-21-22-23-24-25-26-54(64)67-46(34-42(6)44(8)66-12)35-48(59)43(7)49(60)37-51(62)56(9,10)50(61)31-41(5)32-52(63)57(11)53-36-47(69-57)30-40(4)29-45(58)28-38(2)27-39(3)33-55(65)68-53/h32-33,38,40,43,45-53,58-63H,6,8,13-31,34-37H2,1-5,7,9-12H3/b39-33+,41-32+. The van der Waals surface area contributed by atoms with E-state index in [0.717, 1.165) is 31.3 Å². The second-order valence-electron chi connectivity index (χ2n) is 22.4. The molecule has 1 saturated heterocycles. The molecule has 0 amide bonds. The Labute approximate surface area is 418 Å². The molecule has 2 aliphatic rings. The first-order valence-corrected chi connectivity index (χ1v) is 26.8. The van der Waals surface area contributed by atoms with Crippen LogP contribution < -0.4 is 0 Å². The van der Waals surface area contributed by atoms with Crippen LogP contribution in [-0.2, 0) is 28.5 Å². The predicted octanol–water partition coefficient (Wildman–Crippen LogP) is 10.7. The van der Waals surface area contributed by atoms with Gasteiger partial charge in [0.2, 0.25) is 0 Å². The first-order chi connectivity index (χ1) is 32.4. The fourth-order valence-electron chi connectivity index (χ4n) is 10.2. The van der Waals surface area contributed by atoms with Gasteiger partial charge in [0, 0.05) is 49.5 Å². The van der Waals surface area contributed by atoms with Gasteiger partial charge in [0.15, 0.2) is 0 Å². The van der Waals surface area contributed by atoms with Crippen molar-refractivity contribution >= 4 is 11.9 Å². The molecular weight excluding hydrogens is 877 g/mol. The molecule has 2 heterocycles. The van der Waals surface area contributed by atoms with Gasteiger partial charge in [0.1, 0.15) is 29.7 Å². The number of rotatable bonds is 31. The molecule has 0 spiro atoms. The highest BCUT2D eigenvalue weighted by molar-refractivity contribution is 5.83. The molecule has 0 aromatic carbocycles. The molecular formula is C57H100O12. The maximum atomic E-state index is 13.1. The Morgan fingerprint density at radius 2 is 1.41 bits per heavy atom. The number of methoxy groups -OCH3 is 1. The summed E-state index contributed by atoms with van der Waals surface area (Å²) in [6.07, 6.45) is 14.0. The monoisotopic (exact) mass is 977 g/mol. The van der Waals surface area contributed by atoms with Crippen LogP contribution in [0.3, 0.4) is 0 Å². The fourth-order valence-corrected chi connectivity index (χ4v) is 10.2. The summed E-state index contributed by atoms with van der Waals surface area (Å²) in [6, 6.07) is 0. The molecule has 12 nitrogen and oxygen atoms in total. The van der Waals surface area contributed by atoms with E-state index >= 15 is 0 Å². The number of aliphatic hydroxyl groups excluding tert-OH is 6. The molecule has 0 aromatic rings. The second-order valence-corrected chi connectivity index (χ2v) is 22.4. The Bertz CT molecular complexity index is 1590. The highest BCUT2D eigenvalue weighted by Crippen LogP contribution is 2.41. The first kappa shape index (κ1) is 62.5. The van der Waals surface area contributed by atoms with Gasteiger partial charge < -0.3 is 49.6 Å². The minimum Gasteiger partial charge on any atom is -0.497 e. The number of hydrogen-bond donors (Lipinski definition) is 6. The molecule has 400 valence electrons. The lowest BCUT2D eigenvalue weighted by Gasteiger charge is -2.38. The van der Waals surface area contributed by atoms with E-state index in [2.05, 4.69) is 33.9 Å². The summed E-state index contributed by atoms with van der Waals surface area (Å²) in [5.74, 6) is -0.916. The van der Waals surface area contributed by atoms with E-state index in [4.69, 9.17) is 18.9 Å². The van der Waals surface area contributed by atoms with Gasteiger partial charge in [-0.15, -0.1) is 0 Å². The summed E-state index contributed by atoms with van der Waals surface area (Å²) >= 11 is 0. The summed E-state index contributed by atoms with van der Waals surface area (Å²) in [7, 11) is 1.48. The number of unbranched alkanes of at least 4 members (excludes halogenated alkanes) is 12. The number of fused-ring (bicyclic) bond motifs is 2. The van der Waals surface area contributed by atoms with Crippen LogP contribution in [0, 0.1) is 23.2 Å². The summed E-state index contributed by atoms with van der Waals surface area (Å²) in [5, 5.41) is 68.3. The van der Waals surface area contributed by atoms with Crippen LogP contribution in [-0.4, -0.2) is 110 Å². The van der Waals surface area contributed by atoms with Crippen molar-refractivity contribution in [2.45, 2.75) is 271 Å². The quantitative estimate of drug-likeness (QED) is 0.0127. The average Bonchev–Trinajstić information content (AvgIpc) is 3.57. The maximum absolute atomic E-state index is 13.1. The molecule has 1 fully saturated rings. The summed E-state index contributed by atoms with van der Waals surface area (Å²) in [5.41, 5.74) is -0.410. The van der Waals surface area contributed by atoms with E-state index in [9.17, 15) is 40.2 Å². The van der Waals surface area contributed by atoms with Gasteiger partial charge in [0.25, 0.3) is 0 Å². The van der Waals surface area contributed by atoms with Crippen molar-refractivity contribution < 1.29 is 59.2 Å². The van der Waals surface area contributed by atoms with Gasteiger partial charge in [-0.3, -0.25) is 4.79 Å². The van der Waals surface area contributed by atoms with E-state index in [1.807, 2.05) is 6.92 Å². The number of carbonyl (C=O) groups is 2. The van der Waals surface area contributed by atoms with E-state index in [1.165, 1.54) is 71.0 Å². The number of carbonyl (C=O) groups excluding carboxylic acids is 2. The van der Waals surface area contributed by atoms with Crippen LogP contribution in [0.1, 0.15) is 210 Å². The Morgan fingerprint density at radius 3 is 1.99 bits per heavy atom. The van der Waals surface area contributed by atoms with E-state index in [1.54, 1.807) is 40.7 Å². The minimum atomic E-state index is -1.29. The molecule has 0 radical (unpaired) electrons. The minimum absolute atomic E-state index is 0.0220. The second kappa shape index (κ2) is 31.8. The van der Waals surface area contributed by atoms with Crippen molar-refractivity contribution in [3.63, 3.8) is 0 Å². The van der Waals surface area contributed by atoms with Crippen molar-refractivity contribution in [2.24, 2.45) is 23.2 Å². The molecule has 2 bridgehead atoms. The zero-order valence-corrected chi connectivity index (χ0v) is 44.9. The van der Waals surface area contributed by atoms with Crippen LogP contribution in [0.5, 0.6) is 0 Å². The summed E-state index contributed by atoms with van der Waals surface area (Å²) < 4.78 is 23.6. The Balaban J connectivity index is 2.00. The Kier molecular flexibility index (Phi) is 28.8. The predicted molar refractivity (Wildman–Crippen MR) is 275 cm³/mol. The van der Waals surface area contributed by atoms with Gasteiger partial charge in [-0.2, -0.15) is 0 Å². The lowest BCUT2D eigenvalue weighted by Crippen LogP contribution is -2.48. The molecule has 0 aliphatic carbocycles. The van der Waals surface area contributed by atoms with Crippen LogP contribution in [0.15, 0.2) is 47.8 Å². The third-order valence-electron chi connectivity index (χ3n) is 15.2. The summed E-state index contributed by atoms with van der Waals surface area (Å²) in [6.45, 7) is 24.7. The van der Waals surface area contributed by atoms with Gasteiger partial charge >= 0.3 is 11.9 Å². The van der Waals surface area contributed by atoms with Gasteiger partial charge in [-0.1, -0.05) is 149 Å². The number of aliphatic hydroxyl groups is 6. The molecule has 0 aromatic heterocycles. The van der Waals surface area contributed by atoms with Crippen molar-refractivity contribution in [1.29, 1.82) is 0 Å². The topological polar surface area (TPSA) is 192 Å². The van der Waals surface area contributed by atoms with Crippen molar-refractivity contribution in [3.05, 3.63) is 47.8 Å². The molecule has 13 unspecified atom stereocenters. The molecule has 13 atom stereocenters.